The number of hydrogen-bond donors (Lipinski definition) is 0. The number of benzene rings is 1. The fourth-order valence-corrected chi connectivity index (χ4v) is 2.94. The smallest absolute Gasteiger partial charge is 0.405 e. The van der Waals surface area contributed by atoms with Crippen molar-refractivity contribution in [3.8, 4) is 5.75 Å². The minimum absolute atomic E-state index is 0.0684. The summed E-state index contributed by atoms with van der Waals surface area (Å²) < 4.78 is 40.9. The molecule has 2 nitrogen and oxygen atoms in total. The van der Waals surface area contributed by atoms with Gasteiger partial charge in [-0.05, 0) is 41.6 Å². The summed E-state index contributed by atoms with van der Waals surface area (Å²) in [6, 6.07) is 2.66. The Labute approximate surface area is 111 Å². The average Bonchev–Trinajstić information content (AvgIpc) is 1.96. The van der Waals surface area contributed by atoms with Crippen molar-refractivity contribution >= 4 is 44.3 Å². The summed E-state index contributed by atoms with van der Waals surface area (Å²) in [4.78, 5) is 11.2. The standard InChI is InChI=1S/C9H5BrF3IO2/c1-4(15)8-6(14)2-5(10)3-7(8)16-9(11,12)13/h2-3H,1H3. The van der Waals surface area contributed by atoms with Crippen molar-refractivity contribution in [2.75, 3.05) is 0 Å². The SMILES string of the molecule is CC(=O)c1c(I)cc(Br)cc1OC(F)(F)F. The highest BCUT2D eigenvalue weighted by Crippen LogP contribution is 2.33. The quantitative estimate of drug-likeness (QED) is 0.542. The summed E-state index contributed by atoms with van der Waals surface area (Å²) in [6.07, 6.45) is -4.81. The molecule has 0 unspecified atom stereocenters. The predicted octanol–water partition coefficient (Wildman–Crippen LogP) is 4.15. The summed E-state index contributed by atoms with van der Waals surface area (Å²) in [7, 11) is 0. The first-order valence-electron chi connectivity index (χ1n) is 3.96. The molecule has 0 amide bonds. The van der Waals surface area contributed by atoms with Crippen molar-refractivity contribution in [1.29, 1.82) is 0 Å². The Hall–Kier alpha value is -0.310. The molecular weight excluding hydrogens is 404 g/mol. The van der Waals surface area contributed by atoms with E-state index in [2.05, 4.69) is 20.7 Å². The van der Waals surface area contributed by atoms with Gasteiger partial charge in [-0.1, -0.05) is 15.9 Å². The number of alkyl halides is 3. The highest BCUT2D eigenvalue weighted by molar-refractivity contribution is 14.1. The molecule has 0 atom stereocenters. The fourth-order valence-electron chi connectivity index (χ4n) is 1.10. The Morgan fingerprint density at radius 3 is 2.44 bits per heavy atom. The first kappa shape index (κ1) is 13.8. The van der Waals surface area contributed by atoms with Gasteiger partial charge in [0, 0.05) is 8.04 Å². The molecule has 0 aliphatic rings. The van der Waals surface area contributed by atoms with E-state index < -0.39 is 17.9 Å². The van der Waals surface area contributed by atoms with E-state index in [-0.39, 0.29) is 5.56 Å². The number of ketones is 1. The lowest BCUT2D eigenvalue weighted by atomic mass is 10.1. The van der Waals surface area contributed by atoms with Crippen LogP contribution in [0.25, 0.3) is 0 Å². The molecule has 0 saturated carbocycles. The molecule has 0 aromatic heterocycles. The maximum atomic E-state index is 12.1. The minimum atomic E-state index is -4.81. The molecule has 16 heavy (non-hydrogen) atoms. The van der Waals surface area contributed by atoms with E-state index in [1.807, 2.05) is 0 Å². The van der Waals surface area contributed by atoms with Crippen LogP contribution in [-0.2, 0) is 0 Å². The van der Waals surface area contributed by atoms with Crippen molar-refractivity contribution in [3.05, 3.63) is 25.7 Å². The van der Waals surface area contributed by atoms with E-state index in [0.29, 0.717) is 8.04 Å². The minimum Gasteiger partial charge on any atom is -0.405 e. The second-order valence-electron chi connectivity index (χ2n) is 2.86. The van der Waals surface area contributed by atoms with Crippen LogP contribution in [0.5, 0.6) is 5.75 Å². The maximum Gasteiger partial charge on any atom is 0.573 e. The highest BCUT2D eigenvalue weighted by atomic mass is 127. The Bertz CT molecular complexity index is 431. The predicted molar refractivity (Wildman–Crippen MR) is 63.5 cm³/mol. The van der Waals surface area contributed by atoms with Crippen molar-refractivity contribution < 1.29 is 22.7 Å². The molecule has 0 spiro atoms. The average molecular weight is 409 g/mol. The summed E-state index contributed by atoms with van der Waals surface area (Å²) in [6.45, 7) is 1.19. The van der Waals surface area contributed by atoms with Gasteiger partial charge in [0.1, 0.15) is 5.75 Å². The summed E-state index contributed by atoms with van der Waals surface area (Å²) in [5, 5.41) is 0. The second kappa shape index (κ2) is 4.91. The van der Waals surface area contributed by atoms with E-state index >= 15 is 0 Å². The molecule has 7 heteroatoms. The van der Waals surface area contributed by atoms with Crippen LogP contribution in [0.2, 0.25) is 0 Å². The van der Waals surface area contributed by atoms with Gasteiger partial charge in [0.15, 0.2) is 5.78 Å². The Kier molecular flexibility index (Phi) is 4.22. The van der Waals surface area contributed by atoms with Crippen LogP contribution >= 0.6 is 38.5 Å². The van der Waals surface area contributed by atoms with Crippen molar-refractivity contribution in [2.45, 2.75) is 13.3 Å². The topological polar surface area (TPSA) is 26.3 Å². The van der Waals surface area contributed by atoms with Crippen molar-refractivity contribution in [3.63, 3.8) is 0 Å². The van der Waals surface area contributed by atoms with Gasteiger partial charge in [-0.15, -0.1) is 13.2 Å². The van der Waals surface area contributed by atoms with Crippen LogP contribution < -0.4 is 4.74 Å². The lowest BCUT2D eigenvalue weighted by Gasteiger charge is -2.13. The van der Waals surface area contributed by atoms with Gasteiger partial charge < -0.3 is 4.74 Å². The van der Waals surface area contributed by atoms with Gasteiger partial charge in [0.2, 0.25) is 0 Å². The van der Waals surface area contributed by atoms with E-state index in [1.54, 1.807) is 28.7 Å². The number of hydrogen-bond acceptors (Lipinski definition) is 2. The number of rotatable bonds is 2. The van der Waals surface area contributed by atoms with Crippen molar-refractivity contribution in [1.82, 2.24) is 0 Å². The Morgan fingerprint density at radius 1 is 1.44 bits per heavy atom. The van der Waals surface area contributed by atoms with Gasteiger partial charge in [0.05, 0.1) is 5.56 Å². The van der Waals surface area contributed by atoms with Crippen LogP contribution in [0.15, 0.2) is 16.6 Å². The molecule has 0 fully saturated rings. The summed E-state index contributed by atoms with van der Waals surface area (Å²) in [5.41, 5.74) is -0.0684. The lowest BCUT2D eigenvalue weighted by molar-refractivity contribution is -0.274. The van der Waals surface area contributed by atoms with E-state index in [1.165, 1.54) is 6.92 Å². The molecule has 0 N–H and O–H groups in total. The molecule has 0 aliphatic carbocycles. The third kappa shape index (κ3) is 3.62. The maximum absolute atomic E-state index is 12.1. The molecule has 0 bridgehead atoms. The van der Waals surface area contributed by atoms with E-state index in [9.17, 15) is 18.0 Å². The van der Waals surface area contributed by atoms with Crippen LogP contribution in [0.3, 0.4) is 0 Å². The van der Waals surface area contributed by atoms with Gasteiger partial charge in [-0.3, -0.25) is 4.79 Å². The zero-order valence-electron chi connectivity index (χ0n) is 7.86. The normalized spacial score (nSPS) is 11.4. The van der Waals surface area contributed by atoms with E-state index in [0.717, 1.165) is 6.07 Å². The molecule has 0 aliphatic heterocycles. The third-order valence-corrected chi connectivity index (χ3v) is 2.91. The molecule has 0 heterocycles. The van der Waals surface area contributed by atoms with Gasteiger partial charge in [0.25, 0.3) is 0 Å². The molecule has 1 aromatic carbocycles. The molecule has 0 saturated heterocycles. The number of carbonyl (C=O) groups is 1. The molecule has 0 radical (unpaired) electrons. The van der Waals surface area contributed by atoms with Gasteiger partial charge in [-0.2, -0.15) is 0 Å². The van der Waals surface area contributed by atoms with Crippen LogP contribution in [-0.4, -0.2) is 12.1 Å². The number of Topliss-reactive ketones (excluding diaryl/α,β-unsaturated/α-hetero) is 1. The molecule has 1 aromatic rings. The fraction of sp³-hybridized carbons (Fsp3) is 0.222. The lowest BCUT2D eigenvalue weighted by Crippen LogP contribution is -2.19. The van der Waals surface area contributed by atoms with Crippen LogP contribution in [0.1, 0.15) is 17.3 Å². The number of carbonyl (C=O) groups excluding carboxylic acids is 1. The first-order chi connectivity index (χ1) is 7.20. The zero-order valence-corrected chi connectivity index (χ0v) is 11.6. The molecular formula is C9H5BrF3IO2. The van der Waals surface area contributed by atoms with E-state index in [4.69, 9.17) is 0 Å². The monoisotopic (exact) mass is 408 g/mol. The summed E-state index contributed by atoms with van der Waals surface area (Å²) in [5.74, 6) is -0.963. The molecule has 1 rings (SSSR count). The van der Waals surface area contributed by atoms with Gasteiger partial charge >= 0.3 is 6.36 Å². The van der Waals surface area contributed by atoms with Crippen LogP contribution in [0.4, 0.5) is 13.2 Å². The first-order valence-corrected chi connectivity index (χ1v) is 5.83. The zero-order chi connectivity index (χ0) is 12.5. The number of halogens is 5. The second-order valence-corrected chi connectivity index (χ2v) is 4.94. The summed E-state index contributed by atoms with van der Waals surface area (Å²) >= 11 is 4.82. The van der Waals surface area contributed by atoms with Crippen molar-refractivity contribution in [2.24, 2.45) is 0 Å². The number of ether oxygens (including phenoxy) is 1. The van der Waals surface area contributed by atoms with Crippen LogP contribution in [0, 0.1) is 3.57 Å². The largest absolute Gasteiger partial charge is 0.573 e. The molecule has 88 valence electrons. The highest BCUT2D eigenvalue weighted by Gasteiger charge is 2.33. The Morgan fingerprint density at radius 2 is 2.00 bits per heavy atom. The third-order valence-electron chi connectivity index (χ3n) is 1.60. The van der Waals surface area contributed by atoms with Gasteiger partial charge in [-0.25, -0.2) is 0 Å². The Balaban J connectivity index is 3.30.